The number of halogens is 1. The van der Waals surface area contributed by atoms with Crippen LogP contribution in [0.4, 0.5) is 0 Å². The number of rotatable bonds is 5. The first-order chi connectivity index (χ1) is 11.0. The lowest BCUT2D eigenvalue weighted by Gasteiger charge is -2.22. The molecular formula is C15H22ClN3O4S. The van der Waals surface area contributed by atoms with E-state index in [1.54, 1.807) is 13.1 Å². The average molecular weight is 376 g/mol. The third kappa shape index (κ3) is 4.00. The van der Waals surface area contributed by atoms with E-state index in [1.165, 1.54) is 16.7 Å². The molecule has 1 aromatic carbocycles. The Morgan fingerprint density at radius 1 is 1.42 bits per heavy atom. The van der Waals surface area contributed by atoms with Gasteiger partial charge in [-0.2, -0.15) is 0 Å². The van der Waals surface area contributed by atoms with Crippen molar-refractivity contribution in [3.63, 3.8) is 0 Å². The van der Waals surface area contributed by atoms with Crippen molar-refractivity contribution >= 4 is 33.5 Å². The minimum Gasteiger partial charge on any atom is -0.408 e. The van der Waals surface area contributed by atoms with Gasteiger partial charge in [-0.25, -0.2) is 17.9 Å². The number of benzene rings is 1. The van der Waals surface area contributed by atoms with Gasteiger partial charge in [-0.1, -0.05) is 0 Å². The maximum Gasteiger partial charge on any atom is 0.419 e. The highest BCUT2D eigenvalue weighted by Crippen LogP contribution is 2.18. The number of fused-ring (bicyclic) bond motifs is 1. The molecule has 0 amide bonds. The van der Waals surface area contributed by atoms with E-state index in [0.717, 1.165) is 32.4 Å². The lowest BCUT2D eigenvalue weighted by atomic mass is 9.96. The number of aryl methyl sites for hydroxylation is 1. The minimum atomic E-state index is -3.60. The van der Waals surface area contributed by atoms with Gasteiger partial charge in [0, 0.05) is 19.7 Å². The number of piperidine rings is 1. The molecule has 1 fully saturated rings. The van der Waals surface area contributed by atoms with Crippen molar-refractivity contribution in [2.24, 2.45) is 13.0 Å². The fourth-order valence-electron chi connectivity index (χ4n) is 2.93. The summed E-state index contributed by atoms with van der Waals surface area (Å²) in [6.45, 7) is 2.40. The summed E-state index contributed by atoms with van der Waals surface area (Å²) >= 11 is 0. The summed E-state index contributed by atoms with van der Waals surface area (Å²) < 4.78 is 33.7. The molecule has 24 heavy (non-hydrogen) atoms. The number of hydrogen-bond acceptors (Lipinski definition) is 5. The summed E-state index contributed by atoms with van der Waals surface area (Å²) in [6.07, 6.45) is 3.09. The molecule has 1 aliphatic rings. The first-order valence-corrected chi connectivity index (χ1v) is 9.25. The molecule has 0 aliphatic carbocycles. The molecule has 0 radical (unpaired) electrons. The van der Waals surface area contributed by atoms with Crippen LogP contribution in [0.25, 0.3) is 11.1 Å². The van der Waals surface area contributed by atoms with Crippen molar-refractivity contribution in [2.75, 3.05) is 19.6 Å². The molecule has 134 valence electrons. The Morgan fingerprint density at radius 3 is 2.92 bits per heavy atom. The quantitative estimate of drug-likeness (QED) is 0.819. The summed E-state index contributed by atoms with van der Waals surface area (Å²) in [4.78, 5) is 11.6. The van der Waals surface area contributed by atoms with Crippen LogP contribution in [0.3, 0.4) is 0 Å². The van der Waals surface area contributed by atoms with Crippen LogP contribution in [0.1, 0.15) is 19.3 Å². The monoisotopic (exact) mass is 375 g/mol. The van der Waals surface area contributed by atoms with Crippen LogP contribution in [0.2, 0.25) is 0 Å². The molecule has 0 spiro atoms. The van der Waals surface area contributed by atoms with Gasteiger partial charge in [0.15, 0.2) is 5.58 Å². The highest BCUT2D eigenvalue weighted by Gasteiger charge is 2.18. The fourth-order valence-corrected chi connectivity index (χ4v) is 4.00. The van der Waals surface area contributed by atoms with Gasteiger partial charge < -0.3 is 9.73 Å². The lowest BCUT2D eigenvalue weighted by Crippen LogP contribution is -2.33. The van der Waals surface area contributed by atoms with Gasteiger partial charge in [-0.3, -0.25) is 4.57 Å². The molecule has 1 saturated heterocycles. The van der Waals surface area contributed by atoms with Gasteiger partial charge in [-0.05, 0) is 50.4 Å². The molecule has 2 heterocycles. The van der Waals surface area contributed by atoms with E-state index in [-0.39, 0.29) is 22.9 Å². The second-order valence-corrected chi connectivity index (χ2v) is 7.72. The first kappa shape index (κ1) is 19.0. The third-order valence-electron chi connectivity index (χ3n) is 4.32. The molecule has 1 atom stereocenters. The van der Waals surface area contributed by atoms with Crippen LogP contribution in [0.5, 0.6) is 0 Å². The van der Waals surface area contributed by atoms with Gasteiger partial charge in [0.1, 0.15) is 0 Å². The van der Waals surface area contributed by atoms with Crippen LogP contribution < -0.4 is 15.8 Å². The zero-order valence-corrected chi connectivity index (χ0v) is 15.1. The predicted octanol–water partition coefficient (Wildman–Crippen LogP) is 1.22. The van der Waals surface area contributed by atoms with E-state index in [0.29, 0.717) is 18.0 Å². The summed E-state index contributed by atoms with van der Waals surface area (Å²) in [5.41, 5.74) is 0.846. The van der Waals surface area contributed by atoms with Crippen LogP contribution in [-0.2, 0) is 17.1 Å². The van der Waals surface area contributed by atoms with Crippen molar-refractivity contribution < 1.29 is 12.8 Å². The zero-order valence-electron chi connectivity index (χ0n) is 13.4. The summed E-state index contributed by atoms with van der Waals surface area (Å²) in [5.74, 6) is 0.00776. The van der Waals surface area contributed by atoms with Gasteiger partial charge in [-0.15, -0.1) is 12.4 Å². The number of nitrogens with one attached hydrogen (secondary N) is 2. The normalized spacial score (nSPS) is 18.5. The number of sulfonamides is 1. The van der Waals surface area contributed by atoms with E-state index in [9.17, 15) is 13.2 Å². The molecule has 2 aromatic rings. The van der Waals surface area contributed by atoms with Crippen molar-refractivity contribution in [3.8, 4) is 0 Å². The smallest absolute Gasteiger partial charge is 0.408 e. The molecule has 2 N–H and O–H groups in total. The molecule has 1 aromatic heterocycles. The molecule has 7 nitrogen and oxygen atoms in total. The van der Waals surface area contributed by atoms with E-state index < -0.39 is 15.8 Å². The Kier molecular flexibility index (Phi) is 6.08. The Bertz CT molecular complexity index is 853. The molecule has 1 aliphatic heterocycles. The van der Waals surface area contributed by atoms with Crippen molar-refractivity contribution in [1.29, 1.82) is 0 Å². The average Bonchev–Trinajstić information content (AvgIpc) is 2.82. The SMILES string of the molecule is Cl.Cn1c(=O)oc2cc(S(=O)(=O)NCCC3CCCNC3)ccc21. The molecule has 1 unspecified atom stereocenters. The topological polar surface area (TPSA) is 93.3 Å². The fraction of sp³-hybridized carbons (Fsp3) is 0.533. The van der Waals surface area contributed by atoms with E-state index in [2.05, 4.69) is 10.0 Å². The Morgan fingerprint density at radius 2 is 2.21 bits per heavy atom. The van der Waals surface area contributed by atoms with Gasteiger partial charge in [0.25, 0.3) is 0 Å². The van der Waals surface area contributed by atoms with Gasteiger partial charge in [0.05, 0.1) is 10.4 Å². The summed E-state index contributed by atoms with van der Waals surface area (Å²) in [7, 11) is -2.02. The highest BCUT2D eigenvalue weighted by molar-refractivity contribution is 7.89. The standard InChI is InChI=1S/C15H21N3O4S.ClH/c1-18-13-5-4-12(9-14(13)22-15(18)19)23(20,21)17-8-6-11-3-2-7-16-10-11;/h4-5,9,11,16-17H,2-3,6-8,10H2,1H3;1H. The number of hydrogen-bond donors (Lipinski definition) is 2. The van der Waals surface area contributed by atoms with Crippen molar-refractivity contribution in [1.82, 2.24) is 14.6 Å². The van der Waals surface area contributed by atoms with Crippen molar-refractivity contribution in [3.05, 3.63) is 28.7 Å². The van der Waals surface area contributed by atoms with Crippen molar-refractivity contribution in [2.45, 2.75) is 24.2 Å². The predicted molar refractivity (Wildman–Crippen MR) is 94.1 cm³/mol. The number of oxazole rings is 1. The number of aromatic nitrogens is 1. The van der Waals surface area contributed by atoms with E-state index >= 15 is 0 Å². The summed E-state index contributed by atoms with van der Waals surface area (Å²) in [5, 5.41) is 3.32. The molecular weight excluding hydrogens is 354 g/mol. The largest absolute Gasteiger partial charge is 0.419 e. The lowest BCUT2D eigenvalue weighted by molar-refractivity contribution is 0.358. The van der Waals surface area contributed by atoms with E-state index in [4.69, 9.17) is 4.42 Å². The van der Waals surface area contributed by atoms with E-state index in [1.807, 2.05) is 0 Å². The van der Waals surface area contributed by atoms with Crippen LogP contribution in [0, 0.1) is 5.92 Å². The Labute approximate surface area is 146 Å². The van der Waals surface area contributed by atoms with Crippen LogP contribution >= 0.6 is 12.4 Å². The summed E-state index contributed by atoms with van der Waals surface area (Å²) in [6, 6.07) is 4.46. The molecule has 0 saturated carbocycles. The number of nitrogens with zero attached hydrogens (tertiary/aromatic N) is 1. The second kappa shape index (κ2) is 7.69. The van der Waals surface area contributed by atoms with Crippen LogP contribution in [-0.4, -0.2) is 32.6 Å². The molecule has 9 heteroatoms. The maximum atomic E-state index is 12.4. The first-order valence-electron chi connectivity index (χ1n) is 7.77. The van der Waals surface area contributed by atoms with Gasteiger partial charge >= 0.3 is 5.76 Å². The zero-order chi connectivity index (χ0) is 16.4. The molecule has 3 rings (SSSR count). The minimum absolute atomic E-state index is 0. The maximum absolute atomic E-state index is 12.4. The van der Waals surface area contributed by atoms with Gasteiger partial charge in [0.2, 0.25) is 10.0 Å². The van der Waals surface area contributed by atoms with Crippen LogP contribution in [0.15, 0.2) is 32.3 Å². The Balaban J connectivity index is 0.00000208. The Hall–Kier alpha value is -1.35. The molecule has 0 bridgehead atoms. The highest BCUT2D eigenvalue weighted by atomic mass is 35.5. The second-order valence-electron chi connectivity index (χ2n) is 5.96. The third-order valence-corrected chi connectivity index (χ3v) is 5.78.